The zero-order valence-corrected chi connectivity index (χ0v) is 10.2. The Morgan fingerprint density at radius 3 is 2.94 bits per heavy atom. The molecule has 1 aromatic heterocycles. The topological polar surface area (TPSA) is 42.7 Å². The van der Waals surface area contributed by atoms with Gasteiger partial charge in [0.2, 0.25) is 0 Å². The first-order valence-electron chi connectivity index (χ1n) is 4.70. The number of rotatable bonds is 3. The molecule has 0 radical (unpaired) electrons. The van der Waals surface area contributed by atoms with Crippen molar-refractivity contribution in [2.75, 3.05) is 5.32 Å². The maximum absolute atomic E-state index is 13.4. The van der Waals surface area contributed by atoms with Crippen LogP contribution in [0.5, 0.6) is 0 Å². The molecule has 0 unspecified atom stereocenters. The fourth-order valence-corrected chi connectivity index (χ4v) is 1.80. The summed E-state index contributed by atoms with van der Waals surface area (Å²) >= 11 is 3.29. The lowest BCUT2D eigenvalue weighted by Gasteiger charge is -2.08. The highest BCUT2D eigenvalue weighted by Gasteiger charge is 2.06. The molecule has 4 nitrogen and oxygen atoms in total. The van der Waals surface area contributed by atoms with Crippen LogP contribution in [0.4, 0.5) is 10.1 Å². The van der Waals surface area contributed by atoms with Gasteiger partial charge in [0.1, 0.15) is 5.82 Å². The van der Waals surface area contributed by atoms with E-state index >= 15 is 0 Å². The van der Waals surface area contributed by atoms with Crippen LogP contribution >= 0.6 is 15.9 Å². The van der Waals surface area contributed by atoms with Crippen molar-refractivity contribution >= 4 is 21.6 Å². The molecule has 84 valence electrons. The summed E-state index contributed by atoms with van der Waals surface area (Å²) in [6.45, 7) is 0.475. The van der Waals surface area contributed by atoms with Gasteiger partial charge in [-0.15, -0.1) is 5.10 Å². The van der Waals surface area contributed by atoms with E-state index in [1.165, 1.54) is 6.07 Å². The van der Waals surface area contributed by atoms with E-state index < -0.39 is 0 Å². The number of aromatic nitrogens is 3. The Labute approximate surface area is 101 Å². The molecule has 1 aromatic carbocycles. The van der Waals surface area contributed by atoms with Gasteiger partial charge in [-0.3, -0.25) is 4.68 Å². The molecule has 0 aliphatic heterocycles. The highest BCUT2D eigenvalue weighted by molar-refractivity contribution is 9.10. The quantitative estimate of drug-likeness (QED) is 0.941. The number of halogens is 2. The minimum absolute atomic E-state index is 0.287. The van der Waals surface area contributed by atoms with Gasteiger partial charge >= 0.3 is 0 Å². The third-order valence-corrected chi connectivity index (χ3v) is 2.88. The lowest BCUT2D eigenvalue weighted by molar-refractivity contribution is 0.627. The Kier molecular flexibility index (Phi) is 3.19. The van der Waals surface area contributed by atoms with E-state index in [1.807, 2.05) is 0 Å². The maximum Gasteiger partial charge on any atom is 0.147 e. The zero-order valence-electron chi connectivity index (χ0n) is 8.61. The monoisotopic (exact) mass is 284 g/mol. The van der Waals surface area contributed by atoms with E-state index in [2.05, 4.69) is 31.6 Å². The lowest BCUT2D eigenvalue weighted by Crippen LogP contribution is -2.06. The molecular weight excluding hydrogens is 275 g/mol. The first-order chi connectivity index (χ1) is 7.68. The van der Waals surface area contributed by atoms with Crippen molar-refractivity contribution in [1.29, 1.82) is 0 Å². The van der Waals surface area contributed by atoms with E-state index in [0.29, 0.717) is 16.7 Å². The van der Waals surface area contributed by atoms with Crippen LogP contribution in [0.15, 0.2) is 28.9 Å². The highest BCUT2D eigenvalue weighted by Crippen LogP contribution is 2.25. The fourth-order valence-electron chi connectivity index (χ4n) is 1.32. The molecule has 0 bridgehead atoms. The molecule has 0 aliphatic carbocycles. The molecule has 16 heavy (non-hydrogen) atoms. The van der Waals surface area contributed by atoms with E-state index in [9.17, 15) is 4.39 Å². The van der Waals surface area contributed by atoms with E-state index in [4.69, 9.17) is 0 Å². The summed E-state index contributed by atoms with van der Waals surface area (Å²) in [7, 11) is 1.79. The van der Waals surface area contributed by atoms with Crippen molar-refractivity contribution in [3.05, 3.63) is 40.4 Å². The number of hydrogen-bond donors (Lipinski definition) is 1. The van der Waals surface area contributed by atoms with Crippen LogP contribution in [0, 0.1) is 5.82 Å². The summed E-state index contributed by atoms with van der Waals surface area (Å²) < 4.78 is 15.8. The van der Waals surface area contributed by atoms with E-state index in [0.717, 1.165) is 5.69 Å². The molecule has 2 rings (SSSR count). The van der Waals surface area contributed by atoms with Gasteiger partial charge in [0.25, 0.3) is 0 Å². The molecule has 1 heterocycles. The van der Waals surface area contributed by atoms with Gasteiger partial charge in [0.05, 0.1) is 24.1 Å². The van der Waals surface area contributed by atoms with E-state index in [-0.39, 0.29) is 5.82 Å². The number of anilines is 1. The summed E-state index contributed by atoms with van der Waals surface area (Å²) in [6.07, 6.45) is 1.64. The number of aryl methyl sites for hydroxylation is 1. The first-order valence-corrected chi connectivity index (χ1v) is 5.49. The number of hydrogen-bond acceptors (Lipinski definition) is 3. The number of nitrogens with zero attached hydrogens (tertiary/aromatic N) is 3. The van der Waals surface area contributed by atoms with Gasteiger partial charge in [0, 0.05) is 11.5 Å². The van der Waals surface area contributed by atoms with Crippen molar-refractivity contribution in [2.45, 2.75) is 6.54 Å². The zero-order chi connectivity index (χ0) is 11.5. The van der Waals surface area contributed by atoms with Gasteiger partial charge in [0.15, 0.2) is 0 Å². The molecule has 0 saturated carbocycles. The molecule has 1 N–H and O–H groups in total. The third-order valence-electron chi connectivity index (χ3n) is 2.22. The second-order valence-electron chi connectivity index (χ2n) is 3.30. The summed E-state index contributed by atoms with van der Waals surface area (Å²) in [5.41, 5.74) is 1.33. The minimum Gasteiger partial charge on any atom is -0.376 e. The molecule has 6 heteroatoms. The van der Waals surface area contributed by atoms with Gasteiger partial charge in [-0.05, 0) is 28.1 Å². The van der Waals surface area contributed by atoms with Crippen molar-refractivity contribution < 1.29 is 4.39 Å². The predicted octanol–water partition coefficient (Wildman–Crippen LogP) is 2.33. The Morgan fingerprint density at radius 1 is 1.50 bits per heavy atom. The minimum atomic E-state index is -0.287. The maximum atomic E-state index is 13.4. The van der Waals surface area contributed by atoms with Crippen molar-refractivity contribution in [2.24, 2.45) is 7.05 Å². The van der Waals surface area contributed by atoms with Gasteiger partial charge in [-0.1, -0.05) is 11.3 Å². The Morgan fingerprint density at radius 2 is 2.31 bits per heavy atom. The van der Waals surface area contributed by atoms with Crippen molar-refractivity contribution in [1.82, 2.24) is 15.0 Å². The SMILES string of the molecule is Cn1nncc1CNc1c(F)cccc1Br. The van der Waals surface area contributed by atoms with E-state index in [1.54, 1.807) is 30.1 Å². The van der Waals surface area contributed by atoms with Gasteiger partial charge < -0.3 is 5.32 Å². The second kappa shape index (κ2) is 4.61. The lowest BCUT2D eigenvalue weighted by atomic mass is 10.3. The molecule has 0 spiro atoms. The molecule has 0 fully saturated rings. The molecular formula is C10H10BrFN4. The van der Waals surface area contributed by atoms with Crippen LogP contribution in [0.3, 0.4) is 0 Å². The Hall–Kier alpha value is -1.43. The summed E-state index contributed by atoms with van der Waals surface area (Å²) in [5, 5.41) is 10.5. The standard InChI is InChI=1S/C10H10BrFN4/c1-16-7(6-14-15-16)5-13-10-8(11)3-2-4-9(10)12/h2-4,6,13H,5H2,1H3. The predicted molar refractivity (Wildman–Crippen MR) is 62.4 cm³/mol. The van der Waals surface area contributed by atoms with Crippen LogP contribution < -0.4 is 5.32 Å². The van der Waals surface area contributed by atoms with Crippen molar-refractivity contribution in [3.63, 3.8) is 0 Å². The molecule has 0 saturated heterocycles. The van der Waals surface area contributed by atoms with Crippen LogP contribution in [-0.2, 0) is 13.6 Å². The van der Waals surface area contributed by atoms with Gasteiger partial charge in [-0.25, -0.2) is 4.39 Å². The number of nitrogens with one attached hydrogen (secondary N) is 1. The largest absolute Gasteiger partial charge is 0.376 e. The summed E-state index contributed by atoms with van der Waals surface area (Å²) in [5.74, 6) is -0.287. The molecule has 0 aliphatic rings. The second-order valence-corrected chi connectivity index (χ2v) is 4.15. The van der Waals surface area contributed by atoms with Crippen LogP contribution in [0.2, 0.25) is 0 Å². The van der Waals surface area contributed by atoms with Crippen LogP contribution in [0.25, 0.3) is 0 Å². The Bertz CT molecular complexity index is 477. The number of para-hydroxylation sites is 1. The average molecular weight is 285 g/mol. The Balaban J connectivity index is 2.14. The fraction of sp³-hybridized carbons (Fsp3) is 0.200. The van der Waals surface area contributed by atoms with Gasteiger partial charge in [-0.2, -0.15) is 0 Å². The normalized spacial score (nSPS) is 10.4. The number of benzene rings is 1. The summed E-state index contributed by atoms with van der Waals surface area (Å²) in [6, 6.07) is 4.84. The molecule has 0 atom stereocenters. The van der Waals surface area contributed by atoms with Crippen molar-refractivity contribution in [3.8, 4) is 0 Å². The van der Waals surface area contributed by atoms with Crippen LogP contribution in [0.1, 0.15) is 5.69 Å². The molecule has 0 amide bonds. The third kappa shape index (κ3) is 2.21. The van der Waals surface area contributed by atoms with Crippen LogP contribution in [-0.4, -0.2) is 15.0 Å². The average Bonchev–Trinajstić information content (AvgIpc) is 2.64. The summed E-state index contributed by atoms with van der Waals surface area (Å²) in [4.78, 5) is 0. The first kappa shape index (κ1) is 11.1. The highest BCUT2D eigenvalue weighted by atomic mass is 79.9. The molecule has 2 aromatic rings. The smallest absolute Gasteiger partial charge is 0.147 e.